The highest BCUT2D eigenvalue weighted by Crippen LogP contribution is 2.29. The Morgan fingerprint density at radius 2 is 1.80 bits per heavy atom. The van der Waals surface area contributed by atoms with E-state index in [1.807, 2.05) is 13.0 Å². The van der Waals surface area contributed by atoms with Crippen LogP contribution < -0.4 is 9.47 Å². The Morgan fingerprint density at radius 1 is 0.950 bits per heavy atom. The first-order chi connectivity index (χ1) is 9.81. The molecule has 0 heterocycles. The fourth-order valence-electron chi connectivity index (χ4n) is 2.08. The average molecular weight is 299 g/mol. The highest BCUT2D eigenvalue weighted by Gasteiger charge is 2.06. The highest BCUT2D eigenvalue weighted by molar-refractivity contribution is 6.17. The summed E-state index contributed by atoms with van der Waals surface area (Å²) < 4.78 is 11.5. The molecule has 20 heavy (non-hydrogen) atoms. The number of benzene rings is 1. The molecular weight excluding hydrogens is 272 g/mol. The van der Waals surface area contributed by atoms with E-state index in [0.29, 0.717) is 12.5 Å². The predicted molar refractivity (Wildman–Crippen MR) is 86.3 cm³/mol. The Kier molecular flexibility index (Phi) is 9.31. The van der Waals surface area contributed by atoms with E-state index < -0.39 is 0 Å². The molecule has 0 bridgehead atoms. The van der Waals surface area contributed by atoms with E-state index >= 15 is 0 Å². The van der Waals surface area contributed by atoms with Crippen LogP contribution in [0.3, 0.4) is 0 Å². The van der Waals surface area contributed by atoms with Gasteiger partial charge in [0.25, 0.3) is 0 Å². The van der Waals surface area contributed by atoms with Crippen LogP contribution in [-0.4, -0.2) is 19.1 Å². The standard InChI is InChI=1S/C17H27ClO2/c1-3-5-6-7-13-20-16-11-10-15(9-8-12-18)14-17(16)19-4-2/h10-11,14H,3-9,12-13H2,1-2H3. The lowest BCUT2D eigenvalue weighted by Gasteiger charge is -2.13. The Labute approximate surface area is 128 Å². The van der Waals surface area contributed by atoms with E-state index in [-0.39, 0.29) is 0 Å². The zero-order chi connectivity index (χ0) is 14.6. The minimum atomic E-state index is 0.658. The largest absolute Gasteiger partial charge is 0.490 e. The molecule has 0 unspecified atom stereocenters. The van der Waals surface area contributed by atoms with Crippen molar-refractivity contribution in [3.8, 4) is 11.5 Å². The van der Waals surface area contributed by atoms with Crippen molar-refractivity contribution < 1.29 is 9.47 Å². The van der Waals surface area contributed by atoms with Crippen LogP contribution in [0.15, 0.2) is 18.2 Å². The monoisotopic (exact) mass is 298 g/mol. The van der Waals surface area contributed by atoms with Crippen LogP contribution in [-0.2, 0) is 6.42 Å². The van der Waals surface area contributed by atoms with Crippen molar-refractivity contribution in [2.75, 3.05) is 19.1 Å². The Balaban J connectivity index is 2.54. The summed E-state index contributed by atoms with van der Waals surface area (Å²) in [5.41, 5.74) is 1.26. The van der Waals surface area contributed by atoms with E-state index in [4.69, 9.17) is 21.1 Å². The predicted octanol–water partition coefficient (Wildman–Crippen LogP) is 5.22. The molecule has 0 aliphatic heterocycles. The Bertz CT molecular complexity index is 366. The third-order valence-electron chi connectivity index (χ3n) is 3.16. The minimum Gasteiger partial charge on any atom is -0.490 e. The fraction of sp³-hybridized carbons (Fsp3) is 0.647. The second-order valence-electron chi connectivity index (χ2n) is 4.92. The van der Waals surface area contributed by atoms with Crippen LogP contribution in [0.4, 0.5) is 0 Å². The number of alkyl halides is 1. The van der Waals surface area contributed by atoms with E-state index in [0.717, 1.165) is 37.4 Å². The summed E-state index contributed by atoms with van der Waals surface area (Å²) in [6, 6.07) is 6.21. The molecular formula is C17H27ClO2. The number of rotatable bonds is 11. The minimum absolute atomic E-state index is 0.658. The van der Waals surface area contributed by atoms with Gasteiger partial charge in [0.2, 0.25) is 0 Å². The van der Waals surface area contributed by atoms with E-state index in [1.54, 1.807) is 0 Å². The van der Waals surface area contributed by atoms with Crippen molar-refractivity contribution in [3.05, 3.63) is 23.8 Å². The van der Waals surface area contributed by atoms with Gasteiger partial charge in [0, 0.05) is 5.88 Å². The van der Waals surface area contributed by atoms with Gasteiger partial charge in [0.15, 0.2) is 11.5 Å². The number of ether oxygens (including phenoxy) is 2. The molecule has 2 nitrogen and oxygen atoms in total. The topological polar surface area (TPSA) is 18.5 Å². The molecule has 0 saturated carbocycles. The van der Waals surface area contributed by atoms with Crippen molar-refractivity contribution in [2.45, 2.75) is 52.4 Å². The summed E-state index contributed by atoms with van der Waals surface area (Å²) in [5, 5.41) is 0. The molecule has 0 N–H and O–H groups in total. The SMILES string of the molecule is CCCCCCOc1ccc(CCCCl)cc1OCC. The Hall–Kier alpha value is -0.890. The number of aryl methyl sites for hydroxylation is 1. The first-order valence-electron chi connectivity index (χ1n) is 7.76. The van der Waals surface area contributed by atoms with E-state index in [9.17, 15) is 0 Å². The zero-order valence-corrected chi connectivity index (χ0v) is 13.5. The van der Waals surface area contributed by atoms with Gasteiger partial charge in [-0.25, -0.2) is 0 Å². The summed E-state index contributed by atoms with van der Waals surface area (Å²) in [6.45, 7) is 5.64. The maximum atomic E-state index is 5.84. The highest BCUT2D eigenvalue weighted by atomic mass is 35.5. The summed E-state index contributed by atoms with van der Waals surface area (Å²) in [4.78, 5) is 0. The molecule has 0 aliphatic rings. The second-order valence-corrected chi connectivity index (χ2v) is 5.29. The van der Waals surface area contributed by atoms with Crippen molar-refractivity contribution in [1.82, 2.24) is 0 Å². The third kappa shape index (κ3) is 6.51. The van der Waals surface area contributed by atoms with Crippen LogP contribution in [0.2, 0.25) is 0 Å². The molecule has 1 aromatic carbocycles. The van der Waals surface area contributed by atoms with Crippen LogP contribution in [0, 0.1) is 0 Å². The Morgan fingerprint density at radius 3 is 2.50 bits per heavy atom. The van der Waals surface area contributed by atoms with Crippen LogP contribution in [0.5, 0.6) is 11.5 Å². The van der Waals surface area contributed by atoms with E-state index in [2.05, 4.69) is 19.1 Å². The van der Waals surface area contributed by atoms with Gasteiger partial charge >= 0.3 is 0 Å². The summed E-state index contributed by atoms with van der Waals surface area (Å²) in [6.07, 6.45) is 6.84. The number of halogens is 1. The smallest absolute Gasteiger partial charge is 0.161 e. The maximum Gasteiger partial charge on any atom is 0.161 e. The van der Waals surface area contributed by atoms with Gasteiger partial charge in [-0.3, -0.25) is 0 Å². The van der Waals surface area contributed by atoms with Gasteiger partial charge in [-0.15, -0.1) is 11.6 Å². The van der Waals surface area contributed by atoms with Crippen LogP contribution in [0.1, 0.15) is 51.5 Å². The molecule has 0 fully saturated rings. The second kappa shape index (κ2) is 10.8. The average Bonchev–Trinajstić information content (AvgIpc) is 2.47. The summed E-state index contributed by atoms with van der Waals surface area (Å²) >= 11 is 5.74. The third-order valence-corrected chi connectivity index (χ3v) is 3.43. The van der Waals surface area contributed by atoms with Crippen molar-refractivity contribution in [2.24, 2.45) is 0 Å². The number of hydrogen-bond donors (Lipinski definition) is 0. The molecule has 1 rings (SSSR count). The molecule has 0 aliphatic carbocycles. The van der Waals surface area contributed by atoms with Crippen LogP contribution >= 0.6 is 11.6 Å². The summed E-state index contributed by atoms with van der Waals surface area (Å²) in [7, 11) is 0. The van der Waals surface area contributed by atoms with Gasteiger partial charge in [0.1, 0.15) is 0 Å². The number of hydrogen-bond acceptors (Lipinski definition) is 2. The van der Waals surface area contributed by atoms with Gasteiger partial charge in [0.05, 0.1) is 13.2 Å². The summed E-state index contributed by atoms with van der Waals surface area (Å²) in [5.74, 6) is 2.41. The molecule has 1 aromatic rings. The van der Waals surface area contributed by atoms with Gasteiger partial charge < -0.3 is 9.47 Å². The number of unbranched alkanes of at least 4 members (excludes halogenated alkanes) is 3. The van der Waals surface area contributed by atoms with Gasteiger partial charge in [-0.05, 0) is 43.9 Å². The lowest BCUT2D eigenvalue weighted by atomic mass is 10.1. The lowest BCUT2D eigenvalue weighted by Crippen LogP contribution is -2.02. The molecule has 0 radical (unpaired) electrons. The molecule has 0 saturated heterocycles. The molecule has 3 heteroatoms. The van der Waals surface area contributed by atoms with Crippen molar-refractivity contribution in [3.63, 3.8) is 0 Å². The zero-order valence-electron chi connectivity index (χ0n) is 12.8. The van der Waals surface area contributed by atoms with Gasteiger partial charge in [-0.2, -0.15) is 0 Å². The quantitative estimate of drug-likeness (QED) is 0.412. The van der Waals surface area contributed by atoms with Crippen LogP contribution in [0.25, 0.3) is 0 Å². The molecule has 0 amide bonds. The normalized spacial score (nSPS) is 10.6. The fourth-order valence-corrected chi connectivity index (χ4v) is 2.21. The lowest BCUT2D eigenvalue weighted by molar-refractivity contribution is 0.270. The first-order valence-corrected chi connectivity index (χ1v) is 8.29. The molecule has 0 atom stereocenters. The first kappa shape index (κ1) is 17.2. The molecule has 0 spiro atoms. The molecule has 0 aromatic heterocycles. The van der Waals surface area contributed by atoms with Crippen molar-refractivity contribution in [1.29, 1.82) is 0 Å². The molecule has 114 valence electrons. The maximum absolute atomic E-state index is 5.84. The van der Waals surface area contributed by atoms with Gasteiger partial charge in [-0.1, -0.05) is 32.3 Å². The van der Waals surface area contributed by atoms with E-state index in [1.165, 1.54) is 24.8 Å². The van der Waals surface area contributed by atoms with Crippen molar-refractivity contribution >= 4 is 11.6 Å².